The number of ether oxygens (including phenoxy) is 1. The monoisotopic (exact) mass is 370 g/mol. The molecule has 0 saturated carbocycles. The minimum absolute atomic E-state index is 0.283. The number of benzene rings is 2. The lowest BCUT2D eigenvalue weighted by Gasteiger charge is -2.11. The van der Waals surface area contributed by atoms with Gasteiger partial charge < -0.3 is 15.8 Å². The van der Waals surface area contributed by atoms with Gasteiger partial charge in [-0.25, -0.2) is 4.39 Å². The molecule has 21 heavy (non-hydrogen) atoms. The van der Waals surface area contributed by atoms with Gasteiger partial charge in [-0.2, -0.15) is 0 Å². The minimum atomic E-state index is -0.743. The molecule has 1 atom stereocenters. The fourth-order valence-electron chi connectivity index (χ4n) is 2.04. The summed E-state index contributed by atoms with van der Waals surface area (Å²) in [5.41, 5.74) is 6.89. The quantitative estimate of drug-likeness (QED) is 0.839. The fraction of sp³-hybridized carbons (Fsp3) is 0.0714. The van der Waals surface area contributed by atoms with Crippen molar-refractivity contribution in [1.29, 1.82) is 0 Å². The van der Waals surface area contributed by atoms with E-state index in [9.17, 15) is 9.18 Å². The first-order valence-corrected chi connectivity index (χ1v) is 7.15. The van der Waals surface area contributed by atoms with Gasteiger partial charge in [0.1, 0.15) is 23.4 Å². The molecule has 0 saturated heterocycles. The zero-order valence-corrected chi connectivity index (χ0v) is 12.8. The van der Waals surface area contributed by atoms with E-state index in [1.165, 1.54) is 18.2 Å². The smallest absolute Gasteiger partial charge is 0.245 e. The van der Waals surface area contributed by atoms with Crippen molar-refractivity contribution in [3.8, 4) is 11.5 Å². The Bertz CT molecular complexity index is 754. The van der Waals surface area contributed by atoms with Crippen LogP contribution in [0.4, 0.5) is 10.1 Å². The summed E-state index contributed by atoms with van der Waals surface area (Å²) < 4.78 is 19.5. The maximum atomic E-state index is 13.3. The molecule has 3 N–H and O–H groups in total. The lowest BCUT2D eigenvalue weighted by molar-refractivity contribution is -0.116. The second kappa shape index (κ2) is 5.29. The summed E-state index contributed by atoms with van der Waals surface area (Å²) in [7, 11) is 0. The Kier molecular flexibility index (Phi) is 3.61. The molecule has 7 heteroatoms. The number of carbonyl (C=O) groups excluding carboxylic acids is 1. The van der Waals surface area contributed by atoms with Gasteiger partial charge in [0, 0.05) is 23.4 Å². The highest BCUT2D eigenvalue weighted by Gasteiger charge is 2.28. The third-order valence-corrected chi connectivity index (χ3v) is 4.04. The number of hydrogen-bond acceptors (Lipinski definition) is 3. The Morgan fingerprint density at radius 3 is 2.81 bits per heavy atom. The average molecular weight is 372 g/mol. The second-order valence-corrected chi connectivity index (χ2v) is 5.78. The molecule has 1 heterocycles. The van der Waals surface area contributed by atoms with E-state index < -0.39 is 11.9 Å². The zero-order chi connectivity index (χ0) is 15.1. The molecule has 1 unspecified atom stereocenters. The first-order chi connectivity index (χ1) is 9.95. The first-order valence-electron chi connectivity index (χ1n) is 5.98. The number of halogens is 3. The topological polar surface area (TPSA) is 64.4 Å². The maximum absolute atomic E-state index is 13.3. The average Bonchev–Trinajstić information content (AvgIpc) is 2.70. The van der Waals surface area contributed by atoms with Gasteiger partial charge in [-0.3, -0.25) is 4.79 Å². The Morgan fingerprint density at radius 2 is 2.05 bits per heavy atom. The van der Waals surface area contributed by atoms with Gasteiger partial charge in [0.15, 0.2) is 0 Å². The van der Waals surface area contributed by atoms with Crippen molar-refractivity contribution in [3.05, 3.63) is 51.2 Å². The van der Waals surface area contributed by atoms with Crippen LogP contribution in [-0.4, -0.2) is 5.91 Å². The van der Waals surface area contributed by atoms with Crippen LogP contribution in [-0.2, 0) is 4.79 Å². The van der Waals surface area contributed by atoms with Crippen molar-refractivity contribution in [2.75, 3.05) is 5.32 Å². The summed E-state index contributed by atoms with van der Waals surface area (Å²) in [6.45, 7) is 0. The zero-order valence-electron chi connectivity index (χ0n) is 10.5. The van der Waals surface area contributed by atoms with E-state index >= 15 is 0 Å². The van der Waals surface area contributed by atoms with Crippen LogP contribution in [0, 0.1) is 5.82 Å². The van der Waals surface area contributed by atoms with Gasteiger partial charge in [-0.1, -0.05) is 11.6 Å². The second-order valence-electron chi connectivity index (χ2n) is 4.51. The molecular formula is C14H9BrClFN2O2. The number of hydrogen-bond donors (Lipinski definition) is 2. The molecule has 0 bridgehead atoms. The van der Waals surface area contributed by atoms with Crippen LogP contribution in [0.25, 0.3) is 0 Å². The number of anilines is 1. The summed E-state index contributed by atoms with van der Waals surface area (Å²) in [6, 6.07) is 6.47. The molecule has 1 aliphatic rings. The summed E-state index contributed by atoms with van der Waals surface area (Å²) in [5, 5.41) is 2.93. The predicted molar refractivity (Wildman–Crippen MR) is 81.2 cm³/mol. The molecule has 0 aromatic heterocycles. The van der Waals surface area contributed by atoms with Crippen molar-refractivity contribution < 1.29 is 13.9 Å². The summed E-state index contributed by atoms with van der Waals surface area (Å²) in [6.07, 6.45) is 0. The molecule has 1 aliphatic heterocycles. The molecule has 4 nitrogen and oxygen atoms in total. The van der Waals surface area contributed by atoms with Gasteiger partial charge in [-0.05, 0) is 34.1 Å². The maximum Gasteiger partial charge on any atom is 0.245 e. The standard InChI is InChI=1S/C14H9BrClFN2O2/c15-8-2-1-6(17)3-11(8)21-12-5-10-7(4-9(12)16)13(18)14(20)19-10/h1-5,13H,18H2,(H,19,20). The third-order valence-electron chi connectivity index (χ3n) is 3.09. The van der Waals surface area contributed by atoms with Crippen LogP contribution in [0.3, 0.4) is 0 Å². The largest absolute Gasteiger partial charge is 0.454 e. The Hall–Kier alpha value is -1.63. The van der Waals surface area contributed by atoms with Gasteiger partial charge in [0.25, 0.3) is 0 Å². The van der Waals surface area contributed by atoms with Crippen molar-refractivity contribution in [2.24, 2.45) is 5.73 Å². The number of nitrogens with one attached hydrogen (secondary N) is 1. The molecular weight excluding hydrogens is 363 g/mol. The molecule has 108 valence electrons. The fourth-order valence-corrected chi connectivity index (χ4v) is 2.58. The highest BCUT2D eigenvalue weighted by atomic mass is 79.9. The first kappa shape index (κ1) is 14.3. The van der Waals surface area contributed by atoms with E-state index in [-0.39, 0.29) is 16.7 Å². The molecule has 0 fully saturated rings. The lowest BCUT2D eigenvalue weighted by atomic mass is 10.1. The molecule has 1 amide bonds. The third kappa shape index (κ3) is 2.62. The van der Waals surface area contributed by atoms with Gasteiger partial charge in [0.05, 0.1) is 9.50 Å². The van der Waals surface area contributed by atoms with Crippen LogP contribution in [0.2, 0.25) is 5.02 Å². The highest BCUT2D eigenvalue weighted by Crippen LogP contribution is 2.40. The normalized spacial score (nSPS) is 16.6. The molecule has 2 aromatic rings. The Balaban J connectivity index is 1.99. The Morgan fingerprint density at radius 1 is 1.29 bits per heavy atom. The van der Waals surface area contributed by atoms with Crippen LogP contribution < -0.4 is 15.8 Å². The van der Waals surface area contributed by atoms with Crippen LogP contribution in [0.5, 0.6) is 11.5 Å². The Labute approximate surface area is 133 Å². The highest BCUT2D eigenvalue weighted by molar-refractivity contribution is 9.10. The van der Waals surface area contributed by atoms with E-state index in [0.29, 0.717) is 21.5 Å². The summed E-state index contributed by atoms with van der Waals surface area (Å²) >= 11 is 9.40. The van der Waals surface area contributed by atoms with Crippen molar-refractivity contribution in [1.82, 2.24) is 0 Å². The van der Waals surface area contributed by atoms with Gasteiger partial charge in [-0.15, -0.1) is 0 Å². The molecule has 3 rings (SSSR count). The summed E-state index contributed by atoms with van der Waals surface area (Å²) in [4.78, 5) is 11.5. The number of nitrogens with two attached hydrogens (primary N) is 1. The molecule has 2 aromatic carbocycles. The molecule has 0 radical (unpaired) electrons. The van der Waals surface area contributed by atoms with E-state index in [1.54, 1.807) is 12.1 Å². The number of fused-ring (bicyclic) bond motifs is 1. The van der Waals surface area contributed by atoms with E-state index in [2.05, 4.69) is 21.2 Å². The van der Waals surface area contributed by atoms with Crippen LogP contribution >= 0.6 is 27.5 Å². The van der Waals surface area contributed by atoms with Crippen molar-refractivity contribution in [2.45, 2.75) is 6.04 Å². The minimum Gasteiger partial charge on any atom is -0.454 e. The van der Waals surface area contributed by atoms with Gasteiger partial charge >= 0.3 is 0 Å². The molecule has 0 spiro atoms. The molecule has 0 aliphatic carbocycles. The summed E-state index contributed by atoms with van der Waals surface area (Å²) in [5.74, 6) is -0.146. The van der Waals surface area contributed by atoms with E-state index in [1.807, 2.05) is 0 Å². The SMILES string of the molecule is NC1C(=O)Nc2cc(Oc3cc(F)ccc3Br)c(Cl)cc21. The predicted octanol–water partition coefficient (Wildman–Crippen LogP) is 3.99. The lowest BCUT2D eigenvalue weighted by Crippen LogP contribution is -2.19. The number of rotatable bonds is 2. The van der Waals surface area contributed by atoms with E-state index in [4.69, 9.17) is 22.1 Å². The van der Waals surface area contributed by atoms with Gasteiger partial charge in [0.2, 0.25) is 5.91 Å². The van der Waals surface area contributed by atoms with Crippen LogP contribution in [0.15, 0.2) is 34.8 Å². The number of carbonyl (C=O) groups is 1. The van der Waals surface area contributed by atoms with Crippen LogP contribution in [0.1, 0.15) is 11.6 Å². The number of amides is 1. The van der Waals surface area contributed by atoms with E-state index in [0.717, 1.165) is 0 Å². The van der Waals surface area contributed by atoms with Crippen molar-refractivity contribution >= 4 is 39.1 Å². The van der Waals surface area contributed by atoms with Crippen molar-refractivity contribution in [3.63, 3.8) is 0 Å².